The molecule has 1 aromatic carbocycles. The minimum atomic E-state index is -0.132. The van der Waals surface area contributed by atoms with E-state index in [0.29, 0.717) is 13.1 Å². The molecular formula is C24H42N6O. The normalized spacial score (nSPS) is 17.0. The van der Waals surface area contributed by atoms with Crippen molar-refractivity contribution in [2.75, 3.05) is 45.8 Å². The fourth-order valence-corrected chi connectivity index (χ4v) is 3.84. The molecule has 0 spiro atoms. The summed E-state index contributed by atoms with van der Waals surface area (Å²) in [6.07, 6.45) is 0. The Balaban J connectivity index is 1.90. The third kappa shape index (κ3) is 8.87. The van der Waals surface area contributed by atoms with Crippen molar-refractivity contribution in [3.8, 4) is 0 Å². The molecule has 1 saturated heterocycles. The van der Waals surface area contributed by atoms with Gasteiger partial charge >= 0.3 is 0 Å². The molecule has 1 aromatic rings. The zero-order valence-corrected chi connectivity index (χ0v) is 20.2. The van der Waals surface area contributed by atoms with Crippen molar-refractivity contribution in [3.05, 3.63) is 35.9 Å². The molecule has 0 aromatic heterocycles. The van der Waals surface area contributed by atoms with Gasteiger partial charge in [-0.15, -0.1) is 0 Å². The van der Waals surface area contributed by atoms with E-state index < -0.39 is 0 Å². The van der Waals surface area contributed by atoms with Crippen molar-refractivity contribution in [2.24, 2.45) is 4.99 Å². The molecule has 0 saturated carbocycles. The van der Waals surface area contributed by atoms with Gasteiger partial charge < -0.3 is 20.9 Å². The summed E-state index contributed by atoms with van der Waals surface area (Å²) in [5.41, 5.74) is 1.15. The Morgan fingerprint density at radius 1 is 1.10 bits per heavy atom. The van der Waals surface area contributed by atoms with Crippen LogP contribution in [0.25, 0.3) is 0 Å². The smallest absolute Gasteiger partial charge is 0.234 e. The molecule has 7 nitrogen and oxygen atoms in total. The van der Waals surface area contributed by atoms with Crippen molar-refractivity contribution in [2.45, 2.75) is 59.2 Å². The van der Waals surface area contributed by atoms with Crippen LogP contribution in [0.4, 0.5) is 0 Å². The number of benzene rings is 1. The number of piperazine rings is 1. The predicted octanol–water partition coefficient (Wildman–Crippen LogP) is 2.22. The molecule has 1 atom stereocenters. The monoisotopic (exact) mass is 430 g/mol. The second-order valence-corrected chi connectivity index (χ2v) is 9.32. The van der Waals surface area contributed by atoms with E-state index in [2.05, 4.69) is 77.7 Å². The summed E-state index contributed by atoms with van der Waals surface area (Å²) in [5, 5.41) is 10.1. The zero-order chi connectivity index (χ0) is 22.9. The number of nitrogens with zero attached hydrogens (tertiary/aromatic N) is 3. The lowest BCUT2D eigenvalue weighted by Gasteiger charge is -2.37. The van der Waals surface area contributed by atoms with E-state index in [1.54, 1.807) is 0 Å². The molecule has 3 N–H and O–H groups in total. The highest BCUT2D eigenvalue weighted by molar-refractivity contribution is 5.80. The number of amides is 1. The predicted molar refractivity (Wildman–Crippen MR) is 129 cm³/mol. The van der Waals surface area contributed by atoms with Crippen LogP contribution in [0.2, 0.25) is 0 Å². The maximum Gasteiger partial charge on any atom is 0.234 e. The maximum absolute atomic E-state index is 12.0. The molecular weight excluding hydrogens is 388 g/mol. The van der Waals surface area contributed by atoms with E-state index in [9.17, 15) is 4.79 Å². The number of aliphatic imine (C=N–C) groups is 1. The van der Waals surface area contributed by atoms with Crippen LogP contribution < -0.4 is 16.0 Å². The zero-order valence-electron chi connectivity index (χ0n) is 20.2. The first-order valence-corrected chi connectivity index (χ1v) is 11.6. The minimum absolute atomic E-state index is 0.101. The SMILES string of the molecule is CCNC(=NCC(C)(C)NC(C)c1ccccc1)N1CCN(CC(=O)NC(C)C)CC1. The first-order valence-electron chi connectivity index (χ1n) is 11.6. The van der Waals surface area contributed by atoms with Gasteiger partial charge in [0.05, 0.1) is 13.1 Å². The van der Waals surface area contributed by atoms with Gasteiger partial charge in [-0.1, -0.05) is 30.3 Å². The molecule has 0 bridgehead atoms. The molecule has 1 unspecified atom stereocenters. The highest BCUT2D eigenvalue weighted by atomic mass is 16.2. The number of rotatable bonds is 9. The molecule has 0 radical (unpaired) electrons. The fraction of sp³-hybridized carbons (Fsp3) is 0.667. The summed E-state index contributed by atoms with van der Waals surface area (Å²) in [5.74, 6) is 1.06. The number of guanidine groups is 1. The van der Waals surface area contributed by atoms with Crippen molar-refractivity contribution < 1.29 is 4.79 Å². The van der Waals surface area contributed by atoms with Gasteiger partial charge in [-0.05, 0) is 47.1 Å². The summed E-state index contributed by atoms with van der Waals surface area (Å²) in [7, 11) is 0. The highest BCUT2D eigenvalue weighted by Gasteiger charge is 2.24. The van der Waals surface area contributed by atoms with Crippen LogP contribution in [0.15, 0.2) is 35.3 Å². The Morgan fingerprint density at radius 3 is 2.32 bits per heavy atom. The van der Waals surface area contributed by atoms with Crippen LogP contribution in [0, 0.1) is 0 Å². The van der Waals surface area contributed by atoms with Crippen LogP contribution in [0.3, 0.4) is 0 Å². The Bertz CT molecular complexity index is 695. The van der Waals surface area contributed by atoms with Crippen LogP contribution in [0.5, 0.6) is 0 Å². The Hall–Kier alpha value is -2.12. The van der Waals surface area contributed by atoms with Gasteiger partial charge in [0.2, 0.25) is 5.91 Å². The summed E-state index contributed by atoms with van der Waals surface area (Å²) < 4.78 is 0. The molecule has 1 heterocycles. The van der Waals surface area contributed by atoms with Crippen molar-refractivity contribution in [1.82, 2.24) is 25.8 Å². The lowest BCUT2D eigenvalue weighted by molar-refractivity contribution is -0.123. The number of carbonyl (C=O) groups is 1. The Labute approximate surface area is 188 Å². The lowest BCUT2D eigenvalue weighted by atomic mass is 10.0. The average molecular weight is 431 g/mol. The molecule has 1 amide bonds. The standard InChI is InChI=1S/C24H42N6O/c1-7-25-23(30-15-13-29(14-16-30)17-22(31)27-19(2)3)26-18-24(5,6)28-20(4)21-11-9-8-10-12-21/h8-12,19-20,28H,7,13-18H2,1-6H3,(H,25,26)(H,27,31). The van der Waals surface area contributed by atoms with E-state index in [1.165, 1.54) is 5.56 Å². The van der Waals surface area contributed by atoms with Gasteiger partial charge in [0.25, 0.3) is 0 Å². The molecule has 1 aliphatic heterocycles. The van der Waals surface area contributed by atoms with Crippen molar-refractivity contribution in [1.29, 1.82) is 0 Å². The number of carbonyl (C=O) groups excluding carboxylic acids is 1. The molecule has 0 aliphatic carbocycles. The van der Waals surface area contributed by atoms with E-state index in [0.717, 1.165) is 38.7 Å². The van der Waals surface area contributed by atoms with Crippen molar-refractivity contribution >= 4 is 11.9 Å². The molecule has 1 fully saturated rings. The fourth-order valence-electron chi connectivity index (χ4n) is 3.84. The quantitative estimate of drug-likeness (QED) is 0.414. The minimum Gasteiger partial charge on any atom is -0.357 e. The second kappa shape index (κ2) is 12.1. The van der Waals surface area contributed by atoms with E-state index in [-0.39, 0.29) is 23.5 Å². The molecule has 2 rings (SSSR count). The Morgan fingerprint density at radius 2 is 1.74 bits per heavy atom. The molecule has 31 heavy (non-hydrogen) atoms. The topological polar surface area (TPSA) is 72.0 Å². The van der Waals surface area contributed by atoms with Gasteiger partial charge in [-0.2, -0.15) is 0 Å². The van der Waals surface area contributed by atoms with Gasteiger partial charge in [-0.3, -0.25) is 14.7 Å². The van der Waals surface area contributed by atoms with E-state index >= 15 is 0 Å². The third-order valence-electron chi connectivity index (χ3n) is 5.35. The second-order valence-electron chi connectivity index (χ2n) is 9.32. The largest absolute Gasteiger partial charge is 0.357 e. The van der Waals surface area contributed by atoms with Gasteiger partial charge in [-0.25, -0.2) is 0 Å². The highest BCUT2D eigenvalue weighted by Crippen LogP contribution is 2.16. The third-order valence-corrected chi connectivity index (χ3v) is 5.35. The summed E-state index contributed by atoms with van der Waals surface area (Å²) in [4.78, 5) is 21.5. The molecule has 7 heteroatoms. The molecule has 1 aliphatic rings. The lowest BCUT2D eigenvalue weighted by Crippen LogP contribution is -2.54. The van der Waals surface area contributed by atoms with Crippen molar-refractivity contribution in [3.63, 3.8) is 0 Å². The van der Waals surface area contributed by atoms with E-state index in [4.69, 9.17) is 4.99 Å². The van der Waals surface area contributed by atoms with Crippen LogP contribution in [-0.4, -0.2) is 79.1 Å². The number of hydrogen-bond donors (Lipinski definition) is 3. The van der Waals surface area contributed by atoms with Crippen LogP contribution in [0.1, 0.15) is 53.1 Å². The summed E-state index contributed by atoms with van der Waals surface area (Å²) in [6.45, 7) is 18.1. The average Bonchev–Trinajstić information content (AvgIpc) is 2.71. The molecule has 174 valence electrons. The van der Waals surface area contributed by atoms with E-state index in [1.807, 2.05) is 19.9 Å². The first kappa shape index (κ1) is 25.1. The van der Waals surface area contributed by atoms with Gasteiger partial charge in [0.1, 0.15) is 0 Å². The van der Waals surface area contributed by atoms with Crippen LogP contribution in [-0.2, 0) is 4.79 Å². The van der Waals surface area contributed by atoms with Gasteiger partial charge in [0.15, 0.2) is 5.96 Å². The van der Waals surface area contributed by atoms with Gasteiger partial charge in [0, 0.05) is 50.3 Å². The summed E-state index contributed by atoms with van der Waals surface area (Å²) >= 11 is 0. The number of hydrogen-bond acceptors (Lipinski definition) is 4. The summed E-state index contributed by atoms with van der Waals surface area (Å²) in [6, 6.07) is 11.0. The first-order chi connectivity index (χ1) is 14.7. The number of nitrogens with one attached hydrogen (secondary N) is 3. The maximum atomic E-state index is 12.0. The van der Waals surface area contributed by atoms with Crippen LogP contribution >= 0.6 is 0 Å². The Kier molecular flexibility index (Phi) is 9.78.